The standard InChI is InChI=1S/C12H21N3O3S/c1-14(2)9(16)8-15(3)11(17)12(10(13)19)4-6-18-7-5-12/h4-8H2,1-3H3,(H2,13,19). The van der Waals surface area contributed by atoms with Gasteiger partial charge in [0.2, 0.25) is 11.8 Å². The van der Waals surface area contributed by atoms with Crippen molar-refractivity contribution in [3.05, 3.63) is 0 Å². The Kier molecular flexibility index (Phi) is 5.25. The van der Waals surface area contributed by atoms with E-state index in [1.807, 2.05) is 0 Å². The Balaban J connectivity index is 2.82. The van der Waals surface area contributed by atoms with Gasteiger partial charge < -0.3 is 20.3 Å². The van der Waals surface area contributed by atoms with E-state index in [0.29, 0.717) is 26.1 Å². The van der Waals surface area contributed by atoms with Crippen LogP contribution in [0, 0.1) is 5.41 Å². The van der Waals surface area contributed by atoms with Gasteiger partial charge in [-0.1, -0.05) is 12.2 Å². The molecule has 0 unspecified atom stereocenters. The van der Waals surface area contributed by atoms with Crippen molar-refractivity contribution < 1.29 is 14.3 Å². The van der Waals surface area contributed by atoms with E-state index in [0.717, 1.165) is 0 Å². The summed E-state index contributed by atoms with van der Waals surface area (Å²) < 4.78 is 5.26. The van der Waals surface area contributed by atoms with Crippen LogP contribution in [0.5, 0.6) is 0 Å². The lowest BCUT2D eigenvalue weighted by Crippen LogP contribution is -2.53. The van der Waals surface area contributed by atoms with E-state index in [9.17, 15) is 9.59 Å². The first-order valence-corrected chi connectivity index (χ1v) is 6.55. The topological polar surface area (TPSA) is 75.9 Å². The van der Waals surface area contributed by atoms with Gasteiger partial charge in [0.05, 0.1) is 11.5 Å². The summed E-state index contributed by atoms with van der Waals surface area (Å²) in [6, 6.07) is 0. The summed E-state index contributed by atoms with van der Waals surface area (Å²) in [5.74, 6) is -0.334. The Morgan fingerprint density at radius 2 is 1.79 bits per heavy atom. The monoisotopic (exact) mass is 287 g/mol. The van der Waals surface area contributed by atoms with Gasteiger partial charge in [-0.25, -0.2) is 0 Å². The zero-order valence-electron chi connectivity index (χ0n) is 11.6. The Bertz CT molecular complexity index is 378. The third-order valence-corrected chi connectivity index (χ3v) is 3.84. The van der Waals surface area contributed by atoms with E-state index in [-0.39, 0.29) is 23.3 Å². The summed E-state index contributed by atoms with van der Waals surface area (Å²) in [6.45, 7) is 0.939. The van der Waals surface area contributed by atoms with Crippen LogP contribution in [0.2, 0.25) is 0 Å². The van der Waals surface area contributed by atoms with Crippen LogP contribution in [0.4, 0.5) is 0 Å². The minimum absolute atomic E-state index is 0.0249. The van der Waals surface area contributed by atoms with Crippen molar-refractivity contribution in [2.75, 3.05) is 40.9 Å². The molecule has 1 fully saturated rings. The number of nitrogens with zero attached hydrogens (tertiary/aromatic N) is 2. The summed E-state index contributed by atoms with van der Waals surface area (Å²) in [5, 5.41) is 0. The van der Waals surface area contributed by atoms with Crippen molar-refractivity contribution in [2.24, 2.45) is 11.1 Å². The van der Waals surface area contributed by atoms with Crippen LogP contribution in [0.1, 0.15) is 12.8 Å². The average molecular weight is 287 g/mol. The van der Waals surface area contributed by atoms with Crippen LogP contribution < -0.4 is 5.73 Å². The molecule has 0 aromatic rings. The first kappa shape index (κ1) is 15.8. The molecule has 108 valence electrons. The van der Waals surface area contributed by atoms with E-state index in [1.54, 1.807) is 21.1 Å². The highest BCUT2D eigenvalue weighted by molar-refractivity contribution is 7.80. The maximum Gasteiger partial charge on any atom is 0.241 e. The lowest BCUT2D eigenvalue weighted by Gasteiger charge is -2.37. The number of rotatable bonds is 4. The zero-order chi connectivity index (χ0) is 14.6. The Morgan fingerprint density at radius 3 is 2.21 bits per heavy atom. The van der Waals surface area contributed by atoms with E-state index in [4.69, 9.17) is 22.7 Å². The average Bonchev–Trinajstić information content (AvgIpc) is 2.38. The fourth-order valence-electron chi connectivity index (χ4n) is 2.07. The molecular weight excluding hydrogens is 266 g/mol. The Labute approximate surface area is 118 Å². The SMILES string of the molecule is CN(C)C(=O)CN(C)C(=O)C1(C(N)=S)CCOCC1. The van der Waals surface area contributed by atoms with Crippen molar-refractivity contribution in [2.45, 2.75) is 12.8 Å². The van der Waals surface area contributed by atoms with Gasteiger partial charge in [-0.05, 0) is 12.8 Å². The molecule has 1 saturated heterocycles. The lowest BCUT2D eigenvalue weighted by molar-refractivity contribution is -0.145. The van der Waals surface area contributed by atoms with Gasteiger partial charge in [0.1, 0.15) is 5.41 Å². The van der Waals surface area contributed by atoms with E-state index in [2.05, 4.69) is 0 Å². The smallest absolute Gasteiger partial charge is 0.241 e. The van der Waals surface area contributed by atoms with Crippen molar-refractivity contribution in [3.63, 3.8) is 0 Å². The second-order valence-corrected chi connectivity index (χ2v) is 5.45. The highest BCUT2D eigenvalue weighted by Gasteiger charge is 2.44. The molecule has 7 heteroatoms. The predicted molar refractivity (Wildman–Crippen MR) is 75.6 cm³/mol. The third-order valence-electron chi connectivity index (χ3n) is 3.45. The lowest BCUT2D eigenvalue weighted by atomic mass is 9.78. The molecule has 0 spiro atoms. The molecule has 0 aromatic carbocycles. The fraction of sp³-hybridized carbons (Fsp3) is 0.750. The van der Waals surface area contributed by atoms with Crippen LogP contribution in [0.3, 0.4) is 0 Å². The molecule has 1 aliphatic rings. The van der Waals surface area contributed by atoms with Crippen molar-refractivity contribution in [1.82, 2.24) is 9.80 Å². The Morgan fingerprint density at radius 1 is 1.26 bits per heavy atom. The summed E-state index contributed by atoms with van der Waals surface area (Å²) in [7, 11) is 4.90. The fourth-order valence-corrected chi connectivity index (χ4v) is 2.36. The molecule has 0 bridgehead atoms. The number of carbonyl (C=O) groups excluding carboxylic acids is 2. The maximum absolute atomic E-state index is 12.6. The molecule has 6 nitrogen and oxygen atoms in total. The third kappa shape index (κ3) is 3.42. The number of likely N-dealkylation sites (N-methyl/N-ethyl adjacent to an activating group) is 2. The van der Waals surface area contributed by atoms with E-state index >= 15 is 0 Å². The van der Waals surface area contributed by atoms with E-state index < -0.39 is 5.41 Å². The zero-order valence-corrected chi connectivity index (χ0v) is 12.5. The summed E-state index contributed by atoms with van der Waals surface area (Å²) in [6.07, 6.45) is 0.948. The van der Waals surface area contributed by atoms with Crippen molar-refractivity contribution in [3.8, 4) is 0 Å². The molecule has 0 atom stereocenters. The number of hydrogen-bond donors (Lipinski definition) is 1. The number of nitrogens with two attached hydrogens (primary N) is 1. The molecule has 1 heterocycles. The number of carbonyl (C=O) groups is 2. The molecule has 1 rings (SSSR count). The number of amides is 2. The molecule has 0 aliphatic carbocycles. The van der Waals surface area contributed by atoms with Gasteiger partial charge in [0.15, 0.2) is 0 Å². The quantitative estimate of drug-likeness (QED) is 0.713. The van der Waals surface area contributed by atoms with E-state index in [1.165, 1.54) is 9.80 Å². The van der Waals surface area contributed by atoms with Crippen molar-refractivity contribution >= 4 is 29.0 Å². The number of thiocarbonyl (C=S) groups is 1. The molecule has 0 aromatic heterocycles. The molecule has 0 saturated carbocycles. The molecule has 1 aliphatic heterocycles. The van der Waals surface area contributed by atoms with Gasteiger partial charge in [0.25, 0.3) is 0 Å². The molecule has 2 amide bonds. The van der Waals surface area contributed by atoms with Gasteiger partial charge in [-0.3, -0.25) is 9.59 Å². The van der Waals surface area contributed by atoms with Gasteiger partial charge in [-0.2, -0.15) is 0 Å². The second-order valence-electron chi connectivity index (χ2n) is 5.01. The molecule has 0 radical (unpaired) electrons. The van der Waals surface area contributed by atoms with Crippen LogP contribution in [-0.2, 0) is 14.3 Å². The number of ether oxygens (including phenoxy) is 1. The highest BCUT2D eigenvalue weighted by atomic mass is 32.1. The predicted octanol–water partition coefficient (Wildman–Crippen LogP) is -0.384. The second kappa shape index (κ2) is 6.29. The summed E-state index contributed by atoms with van der Waals surface area (Å²) in [4.78, 5) is 27.2. The summed E-state index contributed by atoms with van der Waals surface area (Å²) >= 11 is 5.07. The molecule has 2 N–H and O–H groups in total. The van der Waals surface area contributed by atoms with Crippen LogP contribution in [0.25, 0.3) is 0 Å². The molecular formula is C12H21N3O3S. The number of hydrogen-bond acceptors (Lipinski definition) is 4. The summed E-state index contributed by atoms with van der Waals surface area (Å²) in [5.41, 5.74) is 4.90. The van der Waals surface area contributed by atoms with Crippen LogP contribution in [-0.4, -0.2) is 67.5 Å². The van der Waals surface area contributed by atoms with Gasteiger partial charge in [-0.15, -0.1) is 0 Å². The van der Waals surface area contributed by atoms with Crippen molar-refractivity contribution in [1.29, 1.82) is 0 Å². The van der Waals surface area contributed by atoms with Crippen LogP contribution >= 0.6 is 12.2 Å². The minimum atomic E-state index is -0.866. The minimum Gasteiger partial charge on any atom is -0.392 e. The first-order chi connectivity index (χ1) is 8.81. The maximum atomic E-state index is 12.6. The van der Waals surface area contributed by atoms with Crippen LogP contribution in [0.15, 0.2) is 0 Å². The molecule has 19 heavy (non-hydrogen) atoms. The Hall–Kier alpha value is -1.21. The largest absolute Gasteiger partial charge is 0.392 e. The first-order valence-electron chi connectivity index (χ1n) is 6.14. The highest BCUT2D eigenvalue weighted by Crippen LogP contribution is 2.33. The van der Waals surface area contributed by atoms with Gasteiger partial charge >= 0.3 is 0 Å². The normalized spacial score (nSPS) is 17.6. The van der Waals surface area contributed by atoms with Gasteiger partial charge in [0, 0.05) is 34.4 Å².